The molecule has 11 heteroatoms. The Kier molecular flexibility index (Phi) is 8.11. The molecule has 0 spiro atoms. The van der Waals surface area contributed by atoms with Crippen LogP contribution >= 0.6 is 0 Å². The van der Waals surface area contributed by atoms with E-state index in [0.717, 1.165) is 35.2 Å². The Morgan fingerprint density at radius 1 is 1.21 bits per heavy atom. The SMILES string of the molecule is CCOc1cc2c(cc1OC)C(c1cnc(=O)n(C)c1)=N[C@@H]1CC[C@@H](O)C[C@H]21.CCS(=O)(=O)O. The molecule has 2 aromatic rings. The maximum Gasteiger partial charge on any atom is 0.347 e. The molecule has 1 fully saturated rings. The average molecular weight is 494 g/mol. The smallest absolute Gasteiger partial charge is 0.347 e. The summed E-state index contributed by atoms with van der Waals surface area (Å²) in [7, 11) is -0.364. The summed E-state index contributed by atoms with van der Waals surface area (Å²) in [5.41, 5.74) is 3.34. The van der Waals surface area contributed by atoms with Crippen LogP contribution in [0.3, 0.4) is 0 Å². The zero-order valence-electron chi connectivity index (χ0n) is 19.8. The molecule has 0 radical (unpaired) electrons. The van der Waals surface area contributed by atoms with E-state index >= 15 is 0 Å². The van der Waals surface area contributed by atoms with Crippen molar-refractivity contribution >= 4 is 15.8 Å². The van der Waals surface area contributed by atoms with Crippen LogP contribution < -0.4 is 15.2 Å². The van der Waals surface area contributed by atoms with Crippen LogP contribution in [-0.2, 0) is 17.2 Å². The number of aryl methyl sites for hydroxylation is 1. The first-order valence-electron chi connectivity index (χ1n) is 11.2. The molecule has 1 aliphatic heterocycles. The van der Waals surface area contributed by atoms with Crippen molar-refractivity contribution < 1.29 is 27.6 Å². The van der Waals surface area contributed by atoms with E-state index in [1.165, 1.54) is 11.5 Å². The van der Waals surface area contributed by atoms with Gasteiger partial charge in [-0.05, 0) is 50.8 Å². The van der Waals surface area contributed by atoms with Crippen molar-refractivity contribution in [3.05, 3.63) is 51.7 Å². The number of rotatable bonds is 5. The van der Waals surface area contributed by atoms with Gasteiger partial charge in [-0.1, -0.05) is 0 Å². The molecule has 10 nitrogen and oxygen atoms in total. The van der Waals surface area contributed by atoms with Crippen molar-refractivity contribution in [3.8, 4) is 11.5 Å². The van der Waals surface area contributed by atoms with Crippen LogP contribution in [-0.4, -0.2) is 65.0 Å². The molecule has 1 saturated carbocycles. The van der Waals surface area contributed by atoms with Crippen LogP contribution in [0.15, 0.2) is 34.3 Å². The lowest BCUT2D eigenvalue weighted by molar-refractivity contribution is 0.111. The number of hydrogen-bond acceptors (Lipinski definition) is 8. The largest absolute Gasteiger partial charge is 0.493 e. The van der Waals surface area contributed by atoms with E-state index in [2.05, 4.69) is 4.98 Å². The van der Waals surface area contributed by atoms with Gasteiger partial charge in [0, 0.05) is 36.5 Å². The van der Waals surface area contributed by atoms with Gasteiger partial charge in [-0.3, -0.25) is 9.55 Å². The highest BCUT2D eigenvalue weighted by molar-refractivity contribution is 7.85. The number of ether oxygens (including phenoxy) is 2. The second-order valence-corrected chi connectivity index (χ2v) is 9.99. The topological polar surface area (TPSA) is 140 Å². The van der Waals surface area contributed by atoms with Crippen molar-refractivity contribution in [2.24, 2.45) is 12.0 Å². The number of fused-ring (bicyclic) bond motifs is 3. The highest BCUT2D eigenvalue weighted by Gasteiger charge is 2.37. The molecule has 0 amide bonds. The average Bonchev–Trinajstić information content (AvgIpc) is 2.80. The molecule has 186 valence electrons. The second kappa shape index (κ2) is 10.7. The first-order valence-corrected chi connectivity index (χ1v) is 12.8. The molecule has 2 N–H and O–H groups in total. The Morgan fingerprint density at radius 3 is 2.50 bits per heavy atom. The molecule has 1 aliphatic carbocycles. The summed E-state index contributed by atoms with van der Waals surface area (Å²) in [6, 6.07) is 4.06. The van der Waals surface area contributed by atoms with E-state index in [4.69, 9.17) is 19.0 Å². The van der Waals surface area contributed by atoms with Crippen LogP contribution in [0.4, 0.5) is 0 Å². The van der Waals surface area contributed by atoms with Gasteiger partial charge in [0.1, 0.15) is 0 Å². The summed E-state index contributed by atoms with van der Waals surface area (Å²) in [4.78, 5) is 20.7. The fraction of sp³-hybridized carbons (Fsp3) is 0.522. The van der Waals surface area contributed by atoms with Crippen molar-refractivity contribution in [2.45, 2.75) is 51.2 Å². The second-order valence-electron chi connectivity index (χ2n) is 8.25. The van der Waals surface area contributed by atoms with E-state index < -0.39 is 10.1 Å². The predicted molar refractivity (Wildman–Crippen MR) is 128 cm³/mol. The first kappa shape index (κ1) is 25.9. The first-order chi connectivity index (χ1) is 16.1. The molecule has 1 aromatic heterocycles. The predicted octanol–water partition coefficient (Wildman–Crippen LogP) is 1.93. The number of aliphatic imine (C=N–C) groups is 1. The number of hydrogen-bond donors (Lipinski definition) is 2. The van der Waals surface area contributed by atoms with Crippen LogP contribution in [0.1, 0.15) is 55.7 Å². The van der Waals surface area contributed by atoms with Crippen molar-refractivity contribution in [1.29, 1.82) is 0 Å². The van der Waals surface area contributed by atoms with E-state index in [1.807, 2.05) is 19.1 Å². The zero-order valence-corrected chi connectivity index (χ0v) is 20.6. The number of aromatic nitrogens is 2. The Hall–Kier alpha value is -2.76. The Morgan fingerprint density at radius 2 is 1.91 bits per heavy atom. The van der Waals surface area contributed by atoms with E-state index in [9.17, 15) is 18.3 Å². The summed E-state index contributed by atoms with van der Waals surface area (Å²) in [6.07, 6.45) is 5.27. The van der Waals surface area contributed by atoms with Gasteiger partial charge in [-0.25, -0.2) is 9.78 Å². The van der Waals surface area contributed by atoms with Crippen molar-refractivity contribution in [1.82, 2.24) is 9.55 Å². The maximum absolute atomic E-state index is 11.7. The molecule has 0 bridgehead atoms. The summed E-state index contributed by atoms with van der Waals surface area (Å²) in [5, 5.41) is 10.2. The minimum absolute atomic E-state index is 0.0889. The Balaban J connectivity index is 0.000000481. The molecule has 3 atom stereocenters. The molecular weight excluding hydrogens is 462 g/mol. The van der Waals surface area contributed by atoms with Crippen LogP contribution in [0.25, 0.3) is 0 Å². The standard InChI is InChI=1S/C21H25N3O4.C2H6O3S/c1-4-28-19-8-14-15-7-13(25)5-6-17(15)23-20(16(14)9-18(19)27-3)12-10-22-21(26)24(2)11-12;1-2-6(3,4)5/h8-11,13,15,17,25H,4-7H2,1-3H3;2H2,1H3,(H,3,4,5)/t13-,15-,17-;/m1./s1. The fourth-order valence-corrected chi connectivity index (χ4v) is 4.24. The monoisotopic (exact) mass is 493 g/mol. The number of aliphatic hydroxyl groups excluding tert-OH is 1. The van der Waals surface area contributed by atoms with E-state index in [0.29, 0.717) is 24.5 Å². The van der Waals surface area contributed by atoms with Gasteiger partial charge in [0.15, 0.2) is 11.5 Å². The third-order valence-corrected chi connectivity index (χ3v) is 6.69. The summed E-state index contributed by atoms with van der Waals surface area (Å²) < 4.78 is 39.7. The van der Waals surface area contributed by atoms with Crippen LogP contribution in [0.5, 0.6) is 11.5 Å². The van der Waals surface area contributed by atoms with E-state index in [1.54, 1.807) is 26.6 Å². The van der Waals surface area contributed by atoms with E-state index in [-0.39, 0.29) is 29.5 Å². The highest BCUT2D eigenvalue weighted by Crippen LogP contribution is 2.44. The van der Waals surface area contributed by atoms with Gasteiger partial charge in [0.05, 0.1) is 37.3 Å². The molecule has 0 saturated heterocycles. The van der Waals surface area contributed by atoms with Crippen LogP contribution in [0, 0.1) is 0 Å². The normalized spacial score (nSPS) is 21.4. The maximum atomic E-state index is 11.7. The highest BCUT2D eigenvalue weighted by atomic mass is 32.2. The van der Waals surface area contributed by atoms with Gasteiger partial charge in [0.2, 0.25) is 0 Å². The zero-order chi connectivity index (χ0) is 25.0. The Bertz CT molecular complexity index is 1220. The molecule has 1 aromatic carbocycles. The number of nitrogens with zero attached hydrogens (tertiary/aromatic N) is 3. The third kappa shape index (κ3) is 5.83. The Labute approximate surface area is 199 Å². The molecule has 0 unspecified atom stereocenters. The van der Waals surface area contributed by atoms with Gasteiger partial charge in [0.25, 0.3) is 10.1 Å². The fourth-order valence-electron chi connectivity index (χ4n) is 4.24. The molecule has 34 heavy (non-hydrogen) atoms. The summed E-state index contributed by atoms with van der Waals surface area (Å²) >= 11 is 0. The molecular formula is C23H31N3O7S. The quantitative estimate of drug-likeness (QED) is 0.602. The molecule has 2 aliphatic rings. The van der Waals surface area contributed by atoms with Crippen LogP contribution in [0.2, 0.25) is 0 Å². The molecule has 2 heterocycles. The van der Waals surface area contributed by atoms with Crippen molar-refractivity contribution in [3.63, 3.8) is 0 Å². The molecule has 4 rings (SSSR count). The van der Waals surface area contributed by atoms with Gasteiger partial charge in [-0.15, -0.1) is 0 Å². The van der Waals surface area contributed by atoms with Crippen molar-refractivity contribution in [2.75, 3.05) is 19.5 Å². The summed E-state index contributed by atoms with van der Waals surface area (Å²) in [5.74, 6) is 1.27. The number of aliphatic hydroxyl groups is 1. The number of benzene rings is 1. The van der Waals surface area contributed by atoms with Gasteiger partial charge in [-0.2, -0.15) is 8.42 Å². The van der Waals surface area contributed by atoms with Gasteiger partial charge < -0.3 is 19.1 Å². The lowest BCUT2D eigenvalue weighted by atomic mass is 9.74. The minimum Gasteiger partial charge on any atom is -0.493 e. The number of methoxy groups -OCH3 is 1. The lowest BCUT2D eigenvalue weighted by Gasteiger charge is -2.37. The third-order valence-electron chi connectivity index (χ3n) is 5.96. The summed E-state index contributed by atoms with van der Waals surface area (Å²) in [6.45, 7) is 3.85. The lowest BCUT2D eigenvalue weighted by Crippen LogP contribution is -2.34. The minimum atomic E-state index is -3.66. The van der Waals surface area contributed by atoms with Gasteiger partial charge >= 0.3 is 5.69 Å².